The molecule has 0 unspecified atom stereocenters. The van der Waals surface area contributed by atoms with Crippen LogP contribution in [0, 0.1) is 5.41 Å². The molecular formula is C16H12N2S. The van der Waals surface area contributed by atoms with Crippen LogP contribution in [0.25, 0.3) is 10.1 Å². The van der Waals surface area contributed by atoms with Gasteiger partial charge in [0, 0.05) is 16.0 Å². The van der Waals surface area contributed by atoms with Crippen LogP contribution in [0.2, 0.25) is 0 Å². The van der Waals surface area contributed by atoms with Crippen LogP contribution in [-0.4, -0.2) is 5.84 Å². The summed E-state index contributed by atoms with van der Waals surface area (Å²) in [5.41, 5.74) is 3.39. The van der Waals surface area contributed by atoms with E-state index in [4.69, 9.17) is 5.41 Å². The molecule has 2 heterocycles. The molecule has 0 atom stereocenters. The molecule has 0 bridgehead atoms. The van der Waals surface area contributed by atoms with Crippen LogP contribution in [0.15, 0.2) is 53.9 Å². The van der Waals surface area contributed by atoms with Crippen molar-refractivity contribution in [1.29, 1.82) is 5.41 Å². The van der Waals surface area contributed by atoms with Crippen molar-refractivity contribution in [3.8, 4) is 0 Å². The Bertz CT molecular complexity index is 788. The number of anilines is 1. The molecule has 1 aromatic heterocycles. The van der Waals surface area contributed by atoms with Crippen molar-refractivity contribution >= 4 is 32.9 Å². The van der Waals surface area contributed by atoms with Crippen LogP contribution >= 0.6 is 11.3 Å². The summed E-state index contributed by atoms with van der Waals surface area (Å²) in [6.07, 6.45) is 0. The van der Waals surface area contributed by atoms with E-state index in [2.05, 4.69) is 40.6 Å². The van der Waals surface area contributed by atoms with Crippen LogP contribution in [-0.2, 0) is 6.54 Å². The molecular weight excluding hydrogens is 252 g/mol. The van der Waals surface area contributed by atoms with Crippen molar-refractivity contribution in [3.05, 3.63) is 65.0 Å². The van der Waals surface area contributed by atoms with Gasteiger partial charge >= 0.3 is 0 Å². The third kappa shape index (κ3) is 1.59. The Morgan fingerprint density at radius 1 is 1.05 bits per heavy atom. The number of hydrogen-bond donors (Lipinski definition) is 1. The third-order valence-corrected chi connectivity index (χ3v) is 4.52. The molecule has 3 aromatic rings. The Morgan fingerprint density at radius 3 is 2.84 bits per heavy atom. The van der Waals surface area contributed by atoms with Crippen LogP contribution < -0.4 is 4.90 Å². The van der Waals surface area contributed by atoms with Crippen LogP contribution in [0.4, 0.5) is 5.69 Å². The molecule has 0 radical (unpaired) electrons. The first-order valence-corrected chi connectivity index (χ1v) is 7.12. The van der Waals surface area contributed by atoms with Crippen molar-refractivity contribution < 1.29 is 0 Å². The van der Waals surface area contributed by atoms with E-state index in [1.807, 2.05) is 18.2 Å². The normalized spacial score (nSPS) is 14.1. The van der Waals surface area contributed by atoms with Gasteiger partial charge in [-0.3, -0.25) is 5.41 Å². The van der Waals surface area contributed by atoms with E-state index in [-0.39, 0.29) is 0 Å². The van der Waals surface area contributed by atoms with Crippen LogP contribution in [0.3, 0.4) is 0 Å². The van der Waals surface area contributed by atoms with Gasteiger partial charge in [-0.25, -0.2) is 0 Å². The molecule has 1 aliphatic rings. The maximum Gasteiger partial charge on any atom is 0.133 e. The SMILES string of the molecule is N=C1c2ccccc2CN1c1ccc2sccc2c1. The number of nitrogens with zero attached hydrogens (tertiary/aromatic N) is 1. The van der Waals surface area contributed by atoms with E-state index in [0.717, 1.165) is 17.8 Å². The van der Waals surface area contributed by atoms with Crippen LogP contribution in [0.5, 0.6) is 0 Å². The summed E-state index contributed by atoms with van der Waals surface area (Å²) in [5, 5.41) is 11.7. The fourth-order valence-corrected chi connectivity index (χ4v) is 3.40. The van der Waals surface area contributed by atoms with Crippen molar-refractivity contribution in [2.45, 2.75) is 6.54 Å². The molecule has 0 spiro atoms. The van der Waals surface area contributed by atoms with Gasteiger partial charge < -0.3 is 4.90 Å². The topological polar surface area (TPSA) is 27.1 Å². The van der Waals surface area contributed by atoms with E-state index < -0.39 is 0 Å². The van der Waals surface area contributed by atoms with Gasteiger partial charge in [0.15, 0.2) is 0 Å². The zero-order chi connectivity index (χ0) is 12.8. The monoisotopic (exact) mass is 264 g/mol. The molecule has 2 aromatic carbocycles. The van der Waals surface area contributed by atoms with Crippen molar-refractivity contribution in [3.63, 3.8) is 0 Å². The smallest absolute Gasteiger partial charge is 0.133 e. The summed E-state index contributed by atoms with van der Waals surface area (Å²) < 4.78 is 1.30. The van der Waals surface area contributed by atoms with E-state index in [9.17, 15) is 0 Å². The lowest BCUT2D eigenvalue weighted by atomic mass is 10.1. The molecule has 1 aliphatic heterocycles. The molecule has 2 nitrogen and oxygen atoms in total. The minimum Gasteiger partial charge on any atom is -0.322 e. The van der Waals surface area contributed by atoms with E-state index in [1.165, 1.54) is 15.6 Å². The number of benzene rings is 2. The van der Waals surface area contributed by atoms with Gasteiger partial charge in [-0.1, -0.05) is 24.3 Å². The van der Waals surface area contributed by atoms with Crippen molar-refractivity contribution in [2.24, 2.45) is 0 Å². The van der Waals surface area contributed by atoms with Crippen molar-refractivity contribution in [2.75, 3.05) is 4.90 Å². The zero-order valence-corrected chi connectivity index (χ0v) is 11.1. The van der Waals surface area contributed by atoms with Gasteiger partial charge in [-0.05, 0) is 40.6 Å². The number of nitrogens with one attached hydrogen (secondary N) is 1. The predicted molar refractivity (Wildman–Crippen MR) is 81.3 cm³/mol. The second kappa shape index (κ2) is 3.93. The Labute approximate surface area is 115 Å². The summed E-state index contributed by atoms with van der Waals surface area (Å²) in [6, 6.07) is 16.7. The maximum atomic E-state index is 8.32. The van der Waals surface area contributed by atoms with Gasteiger partial charge in [-0.15, -0.1) is 11.3 Å². The second-order valence-electron chi connectivity index (χ2n) is 4.73. The number of thiophene rings is 1. The molecule has 0 saturated carbocycles. The lowest BCUT2D eigenvalue weighted by Gasteiger charge is -2.18. The molecule has 0 saturated heterocycles. The molecule has 19 heavy (non-hydrogen) atoms. The minimum absolute atomic E-state index is 0.602. The van der Waals surface area contributed by atoms with Crippen molar-refractivity contribution in [1.82, 2.24) is 0 Å². The minimum atomic E-state index is 0.602. The highest BCUT2D eigenvalue weighted by atomic mass is 32.1. The Morgan fingerprint density at radius 2 is 1.95 bits per heavy atom. The maximum absolute atomic E-state index is 8.32. The number of fused-ring (bicyclic) bond motifs is 2. The average molecular weight is 264 g/mol. The molecule has 0 fully saturated rings. The lowest BCUT2D eigenvalue weighted by Crippen LogP contribution is -2.22. The van der Waals surface area contributed by atoms with Gasteiger partial charge in [0.1, 0.15) is 5.84 Å². The number of hydrogen-bond acceptors (Lipinski definition) is 2. The first kappa shape index (κ1) is 10.8. The average Bonchev–Trinajstić information content (AvgIpc) is 3.03. The molecule has 4 rings (SSSR count). The van der Waals surface area contributed by atoms with E-state index in [1.54, 1.807) is 11.3 Å². The standard InChI is InChI=1S/C16H12N2S/c17-16-14-4-2-1-3-12(14)10-18(16)13-5-6-15-11(9-13)7-8-19-15/h1-9,17H,10H2. The molecule has 0 amide bonds. The quantitative estimate of drug-likeness (QED) is 0.699. The number of rotatable bonds is 1. The third-order valence-electron chi connectivity index (χ3n) is 3.62. The highest BCUT2D eigenvalue weighted by molar-refractivity contribution is 7.17. The molecule has 92 valence electrons. The summed E-state index contributed by atoms with van der Waals surface area (Å²) >= 11 is 1.75. The highest BCUT2D eigenvalue weighted by Crippen LogP contribution is 2.31. The van der Waals surface area contributed by atoms with Gasteiger partial charge in [0.2, 0.25) is 0 Å². The van der Waals surface area contributed by atoms with E-state index in [0.29, 0.717) is 5.84 Å². The number of amidine groups is 1. The highest BCUT2D eigenvalue weighted by Gasteiger charge is 2.24. The summed E-state index contributed by atoms with van der Waals surface area (Å²) in [7, 11) is 0. The van der Waals surface area contributed by atoms with Gasteiger partial charge in [0.25, 0.3) is 0 Å². The van der Waals surface area contributed by atoms with Gasteiger partial charge in [0.05, 0.1) is 6.54 Å². The first-order valence-electron chi connectivity index (χ1n) is 6.24. The Kier molecular flexibility index (Phi) is 2.23. The predicted octanol–water partition coefficient (Wildman–Crippen LogP) is 4.25. The first-order chi connectivity index (χ1) is 9.33. The second-order valence-corrected chi connectivity index (χ2v) is 5.68. The molecule has 3 heteroatoms. The van der Waals surface area contributed by atoms with Crippen LogP contribution in [0.1, 0.15) is 11.1 Å². The lowest BCUT2D eigenvalue weighted by molar-refractivity contribution is 1.05. The summed E-state index contributed by atoms with van der Waals surface area (Å²) in [6.45, 7) is 0.796. The molecule has 1 N–H and O–H groups in total. The largest absolute Gasteiger partial charge is 0.322 e. The Balaban J connectivity index is 1.80. The summed E-state index contributed by atoms with van der Waals surface area (Å²) in [5.74, 6) is 0.602. The zero-order valence-electron chi connectivity index (χ0n) is 10.3. The Hall–Kier alpha value is -2.13. The van der Waals surface area contributed by atoms with Gasteiger partial charge in [-0.2, -0.15) is 0 Å². The fraction of sp³-hybridized carbons (Fsp3) is 0.0625. The fourth-order valence-electron chi connectivity index (χ4n) is 2.63. The molecule has 0 aliphatic carbocycles. The van der Waals surface area contributed by atoms with E-state index >= 15 is 0 Å². The summed E-state index contributed by atoms with van der Waals surface area (Å²) in [4.78, 5) is 2.07.